The molecule has 0 saturated heterocycles. The smallest absolute Gasteiger partial charge is 0.326 e. The van der Waals surface area contributed by atoms with E-state index in [4.69, 9.17) is 22.0 Å². The predicted molar refractivity (Wildman–Crippen MR) is 124 cm³/mol. The van der Waals surface area contributed by atoms with E-state index in [1.165, 1.54) is 6.92 Å². The lowest BCUT2D eigenvalue weighted by Gasteiger charge is -2.26. The molecule has 0 radical (unpaired) electrons. The topological polar surface area (TPSA) is 270 Å². The fraction of sp³-hybridized carbons (Fsp3) is 0.700. The molecule has 15 nitrogen and oxygen atoms in total. The van der Waals surface area contributed by atoms with E-state index in [-0.39, 0.29) is 37.7 Å². The van der Waals surface area contributed by atoms with E-state index in [0.29, 0.717) is 0 Å². The number of carboxylic acids is 2. The van der Waals surface area contributed by atoms with Crippen LogP contribution in [-0.2, 0) is 24.0 Å². The van der Waals surface area contributed by atoms with Gasteiger partial charge in [-0.2, -0.15) is 0 Å². The molecule has 0 unspecified atom stereocenters. The summed E-state index contributed by atoms with van der Waals surface area (Å²) >= 11 is 0. The second-order valence-corrected chi connectivity index (χ2v) is 8.50. The molecule has 0 aromatic heterocycles. The van der Waals surface area contributed by atoms with E-state index >= 15 is 0 Å². The highest BCUT2D eigenvalue weighted by Gasteiger charge is 2.32. The summed E-state index contributed by atoms with van der Waals surface area (Å²) in [6.45, 7) is 4.97. The lowest BCUT2D eigenvalue weighted by molar-refractivity contribution is -0.143. The number of aliphatic carboxylic acids is 2. The van der Waals surface area contributed by atoms with Crippen molar-refractivity contribution in [2.75, 3.05) is 6.54 Å². The number of rotatable bonds is 16. The van der Waals surface area contributed by atoms with Gasteiger partial charge in [0, 0.05) is 6.54 Å². The number of guanidine groups is 1. The van der Waals surface area contributed by atoms with Crippen molar-refractivity contribution in [2.24, 2.45) is 17.4 Å². The van der Waals surface area contributed by atoms with Gasteiger partial charge in [0.05, 0.1) is 12.5 Å². The molecule has 200 valence electrons. The summed E-state index contributed by atoms with van der Waals surface area (Å²) < 4.78 is 0. The van der Waals surface area contributed by atoms with Crippen LogP contribution in [0.1, 0.15) is 46.5 Å². The van der Waals surface area contributed by atoms with E-state index in [1.807, 2.05) is 0 Å². The predicted octanol–water partition coefficient (Wildman–Crippen LogP) is -2.98. The first-order valence-electron chi connectivity index (χ1n) is 11.0. The van der Waals surface area contributed by atoms with Crippen molar-refractivity contribution in [3.63, 3.8) is 0 Å². The quantitative estimate of drug-likeness (QED) is 0.0576. The highest BCUT2D eigenvalue weighted by molar-refractivity contribution is 5.95. The van der Waals surface area contributed by atoms with Crippen LogP contribution in [0, 0.1) is 11.3 Å². The van der Waals surface area contributed by atoms with Crippen LogP contribution in [-0.4, -0.2) is 87.8 Å². The first-order chi connectivity index (χ1) is 16.1. The number of hydrogen-bond donors (Lipinski definition) is 10. The number of carboxylic acid groups (broad SMARTS) is 2. The van der Waals surface area contributed by atoms with Gasteiger partial charge in [0.15, 0.2) is 5.96 Å². The minimum Gasteiger partial charge on any atom is -0.481 e. The van der Waals surface area contributed by atoms with Crippen molar-refractivity contribution in [2.45, 2.75) is 76.7 Å². The van der Waals surface area contributed by atoms with Gasteiger partial charge in [-0.1, -0.05) is 13.8 Å². The lowest BCUT2D eigenvalue weighted by atomic mass is 10.0. The maximum atomic E-state index is 12.8. The van der Waals surface area contributed by atoms with Gasteiger partial charge in [0.25, 0.3) is 0 Å². The monoisotopic (exact) mass is 503 g/mol. The molecule has 0 aromatic rings. The summed E-state index contributed by atoms with van der Waals surface area (Å²) in [5, 5.41) is 44.5. The third-order valence-corrected chi connectivity index (χ3v) is 4.77. The number of nitrogens with two attached hydrogens (primary N) is 2. The second-order valence-electron chi connectivity index (χ2n) is 8.50. The molecular formula is C20H37N7O8. The van der Waals surface area contributed by atoms with Gasteiger partial charge in [-0.05, 0) is 32.1 Å². The second kappa shape index (κ2) is 15.4. The maximum Gasteiger partial charge on any atom is 0.326 e. The van der Waals surface area contributed by atoms with Crippen molar-refractivity contribution in [1.82, 2.24) is 21.3 Å². The van der Waals surface area contributed by atoms with E-state index < -0.39 is 66.4 Å². The van der Waals surface area contributed by atoms with Gasteiger partial charge >= 0.3 is 11.9 Å². The Kier molecular flexibility index (Phi) is 13.9. The highest BCUT2D eigenvalue weighted by Crippen LogP contribution is 2.08. The van der Waals surface area contributed by atoms with Crippen molar-refractivity contribution in [3.8, 4) is 0 Å². The molecule has 5 atom stereocenters. The summed E-state index contributed by atoms with van der Waals surface area (Å²) in [6.07, 6.45) is -1.70. The summed E-state index contributed by atoms with van der Waals surface area (Å²) in [5.74, 6) is -5.87. The highest BCUT2D eigenvalue weighted by atomic mass is 16.4. The first-order valence-corrected chi connectivity index (χ1v) is 11.0. The van der Waals surface area contributed by atoms with Crippen LogP contribution in [0.3, 0.4) is 0 Å². The summed E-state index contributed by atoms with van der Waals surface area (Å²) in [7, 11) is 0. The van der Waals surface area contributed by atoms with Crippen LogP contribution in [0.25, 0.3) is 0 Å². The Morgan fingerprint density at radius 3 is 1.86 bits per heavy atom. The fourth-order valence-electron chi connectivity index (χ4n) is 2.91. The Morgan fingerprint density at radius 1 is 0.886 bits per heavy atom. The van der Waals surface area contributed by atoms with Crippen LogP contribution < -0.4 is 32.7 Å². The third-order valence-electron chi connectivity index (χ3n) is 4.77. The molecular weight excluding hydrogens is 466 g/mol. The number of carbonyl (C=O) groups is 5. The molecule has 0 heterocycles. The first kappa shape index (κ1) is 31.5. The van der Waals surface area contributed by atoms with Crippen molar-refractivity contribution in [3.05, 3.63) is 0 Å². The zero-order valence-electron chi connectivity index (χ0n) is 20.0. The Labute approximate surface area is 202 Å². The number of nitrogens with one attached hydrogen (secondary N) is 5. The van der Waals surface area contributed by atoms with Gasteiger partial charge in [0.1, 0.15) is 24.2 Å². The van der Waals surface area contributed by atoms with Gasteiger partial charge in [-0.3, -0.25) is 24.6 Å². The van der Waals surface area contributed by atoms with Crippen LogP contribution >= 0.6 is 0 Å². The van der Waals surface area contributed by atoms with Crippen molar-refractivity contribution < 1.29 is 39.3 Å². The van der Waals surface area contributed by atoms with Gasteiger partial charge in [0.2, 0.25) is 17.7 Å². The number of hydrogen-bond acceptors (Lipinski definition) is 8. The lowest BCUT2D eigenvalue weighted by Crippen LogP contribution is -2.58. The van der Waals surface area contributed by atoms with Gasteiger partial charge in [-0.15, -0.1) is 0 Å². The Morgan fingerprint density at radius 2 is 1.40 bits per heavy atom. The van der Waals surface area contributed by atoms with Crippen molar-refractivity contribution in [1.29, 1.82) is 5.41 Å². The average Bonchev–Trinajstić information content (AvgIpc) is 2.72. The Bertz CT molecular complexity index is 775. The summed E-state index contributed by atoms with van der Waals surface area (Å²) in [6, 6.07) is -5.53. The molecule has 15 heteroatoms. The molecule has 35 heavy (non-hydrogen) atoms. The van der Waals surface area contributed by atoms with Crippen LogP contribution in [0.4, 0.5) is 0 Å². The SMILES string of the molecule is CC(C)C[C@H](NC(=O)[C@H](CC(=O)O)NC(=O)[C@@H](N)[C@@H](C)O)C(=O)N[C@@H](CCCNC(=N)N)C(=O)O. The fourth-order valence-corrected chi connectivity index (χ4v) is 2.91. The zero-order chi connectivity index (χ0) is 27.3. The van der Waals surface area contributed by atoms with E-state index in [2.05, 4.69) is 21.3 Å². The molecule has 0 aliphatic carbocycles. The van der Waals surface area contributed by atoms with E-state index in [1.54, 1.807) is 13.8 Å². The van der Waals surface area contributed by atoms with E-state index in [9.17, 15) is 34.2 Å². The number of aliphatic hydroxyl groups is 1. The number of amides is 3. The molecule has 0 spiro atoms. The van der Waals surface area contributed by atoms with E-state index in [0.717, 1.165) is 0 Å². The standard InChI is InChI=1S/C20H37N7O8/c1-9(2)7-12(16(31)25-11(19(34)35)5-4-6-24-20(22)23)26-17(32)13(8-14(29)30)27-18(33)15(21)10(3)28/h9-13,15,28H,4-8,21H2,1-3H3,(H,25,31)(H,26,32)(H,27,33)(H,29,30)(H,34,35)(H4,22,23,24)/t10-,11+,12+,13+,15+/m1/s1. The molecule has 0 rings (SSSR count). The molecule has 0 aromatic carbocycles. The summed E-state index contributed by atoms with van der Waals surface area (Å²) in [4.78, 5) is 60.5. The molecule has 12 N–H and O–H groups in total. The minimum absolute atomic E-state index is 0.0125. The molecule has 0 fully saturated rings. The normalized spacial score (nSPS) is 15.1. The summed E-state index contributed by atoms with van der Waals surface area (Å²) in [5.41, 5.74) is 10.7. The molecule has 0 saturated carbocycles. The molecule has 0 bridgehead atoms. The van der Waals surface area contributed by atoms with Crippen LogP contribution in [0.5, 0.6) is 0 Å². The van der Waals surface area contributed by atoms with Crippen LogP contribution in [0.2, 0.25) is 0 Å². The number of aliphatic hydroxyl groups excluding tert-OH is 1. The minimum atomic E-state index is -1.60. The Balaban J connectivity index is 5.45. The van der Waals surface area contributed by atoms with Gasteiger partial charge < -0.3 is 48.1 Å². The Hall–Kier alpha value is -3.46. The zero-order valence-corrected chi connectivity index (χ0v) is 20.0. The van der Waals surface area contributed by atoms with Crippen LogP contribution in [0.15, 0.2) is 0 Å². The third kappa shape index (κ3) is 13.1. The molecule has 3 amide bonds. The van der Waals surface area contributed by atoms with Gasteiger partial charge in [-0.25, -0.2) is 4.79 Å². The average molecular weight is 504 g/mol. The van der Waals surface area contributed by atoms with Crippen molar-refractivity contribution >= 4 is 35.6 Å². The maximum absolute atomic E-state index is 12.8. The number of carbonyl (C=O) groups excluding carboxylic acids is 3. The molecule has 0 aliphatic rings. The molecule has 0 aliphatic heterocycles. The largest absolute Gasteiger partial charge is 0.481 e.